The van der Waals surface area contributed by atoms with Gasteiger partial charge in [0, 0.05) is 6.07 Å². The van der Waals surface area contributed by atoms with Gasteiger partial charge < -0.3 is 10.1 Å². The minimum absolute atomic E-state index is 0.0754. The van der Waals surface area contributed by atoms with Gasteiger partial charge in [0.1, 0.15) is 5.69 Å². The molecule has 0 fully saturated rings. The van der Waals surface area contributed by atoms with Crippen LogP contribution in [0.1, 0.15) is 10.5 Å². The van der Waals surface area contributed by atoms with Crippen LogP contribution in [0.15, 0.2) is 66.0 Å². The molecule has 0 saturated heterocycles. The van der Waals surface area contributed by atoms with Crippen LogP contribution in [0.25, 0.3) is 16.3 Å². The van der Waals surface area contributed by atoms with Crippen molar-refractivity contribution in [1.82, 2.24) is 9.78 Å². The normalized spacial score (nSPS) is 10.7. The molecule has 0 spiro atoms. The number of hydrogen-bond donors (Lipinski definition) is 1. The van der Waals surface area contributed by atoms with E-state index in [0.717, 1.165) is 10.9 Å². The maximum atomic E-state index is 13.7. The van der Waals surface area contributed by atoms with Crippen LogP contribution in [0, 0.1) is 17.5 Å². The quantitative estimate of drug-likeness (QED) is 0.333. The Morgan fingerprint density at radius 2 is 1.78 bits per heavy atom. The van der Waals surface area contributed by atoms with Crippen LogP contribution in [0.5, 0.6) is 0 Å². The molecule has 1 amide bonds. The van der Waals surface area contributed by atoms with Gasteiger partial charge in [0.15, 0.2) is 29.8 Å². The molecule has 0 unspecified atom stereocenters. The largest absolute Gasteiger partial charge is 0.451 e. The Morgan fingerprint density at radius 1 is 1.00 bits per heavy atom. The number of rotatable bonds is 6. The molecule has 2 heterocycles. The lowest BCUT2D eigenvalue weighted by Crippen LogP contribution is -2.23. The molecule has 10 heteroatoms. The van der Waals surface area contributed by atoms with E-state index in [2.05, 4.69) is 5.10 Å². The topological polar surface area (TPSA) is 73.2 Å². The fourth-order valence-corrected chi connectivity index (χ4v) is 3.53. The highest BCUT2D eigenvalue weighted by molar-refractivity contribution is 7.13. The van der Waals surface area contributed by atoms with Crippen LogP contribution in [0.4, 0.5) is 18.9 Å². The highest BCUT2D eigenvalue weighted by Gasteiger charge is 2.21. The molecular weight excluding hydrogens is 443 g/mol. The van der Waals surface area contributed by atoms with Crippen molar-refractivity contribution in [3.8, 4) is 16.3 Å². The van der Waals surface area contributed by atoms with Crippen LogP contribution < -0.4 is 5.32 Å². The van der Waals surface area contributed by atoms with Crippen molar-refractivity contribution in [3.63, 3.8) is 0 Å². The van der Waals surface area contributed by atoms with Crippen LogP contribution in [-0.4, -0.2) is 28.3 Å². The zero-order valence-electron chi connectivity index (χ0n) is 16.2. The number of nitrogens with zero attached hydrogens (tertiary/aromatic N) is 2. The van der Waals surface area contributed by atoms with Crippen molar-refractivity contribution >= 4 is 28.9 Å². The molecule has 0 aliphatic carbocycles. The van der Waals surface area contributed by atoms with E-state index in [1.54, 1.807) is 24.3 Å². The number of halogens is 3. The Balaban J connectivity index is 1.52. The second-order valence-electron chi connectivity index (χ2n) is 6.49. The Morgan fingerprint density at radius 3 is 2.50 bits per heavy atom. The fraction of sp³-hybridized carbons (Fsp3) is 0.0455. The average molecular weight is 457 g/mol. The number of carbonyl (C=O) groups is 2. The van der Waals surface area contributed by atoms with Gasteiger partial charge in [-0.05, 0) is 35.7 Å². The third-order valence-corrected chi connectivity index (χ3v) is 5.23. The number of esters is 1. The first-order valence-electron chi connectivity index (χ1n) is 9.24. The van der Waals surface area contributed by atoms with Gasteiger partial charge in [-0.2, -0.15) is 5.10 Å². The summed E-state index contributed by atoms with van der Waals surface area (Å²) in [5.41, 5.74) is 0.658. The number of thiophene rings is 1. The zero-order valence-corrected chi connectivity index (χ0v) is 17.0. The summed E-state index contributed by atoms with van der Waals surface area (Å²) in [6.07, 6.45) is 0. The maximum absolute atomic E-state index is 13.7. The second-order valence-corrected chi connectivity index (χ2v) is 7.43. The number of ether oxygens (including phenoxy) is 1. The summed E-state index contributed by atoms with van der Waals surface area (Å²) in [7, 11) is 0. The predicted octanol–water partition coefficient (Wildman–Crippen LogP) is 4.81. The van der Waals surface area contributed by atoms with E-state index >= 15 is 0 Å². The third-order valence-electron chi connectivity index (χ3n) is 4.34. The minimum Gasteiger partial charge on any atom is -0.451 e. The fourth-order valence-electron chi connectivity index (χ4n) is 2.85. The van der Waals surface area contributed by atoms with E-state index in [1.807, 2.05) is 28.9 Å². The molecule has 0 aliphatic heterocycles. The SMILES string of the molecule is O=C(COC(=O)c1cc(-c2cccs2)nn1-c1ccccc1)Nc1ccc(F)c(F)c1F. The number of hydrogen-bond acceptors (Lipinski definition) is 5. The number of aromatic nitrogens is 2. The average Bonchev–Trinajstić information content (AvgIpc) is 3.48. The number of carbonyl (C=O) groups excluding carboxylic acids is 2. The first-order valence-corrected chi connectivity index (χ1v) is 10.1. The van der Waals surface area contributed by atoms with Gasteiger partial charge in [0.2, 0.25) is 0 Å². The summed E-state index contributed by atoms with van der Waals surface area (Å²) < 4.78 is 46.5. The predicted molar refractivity (Wildman–Crippen MR) is 112 cm³/mol. The van der Waals surface area contributed by atoms with Gasteiger partial charge in [-0.1, -0.05) is 24.3 Å². The van der Waals surface area contributed by atoms with Crippen LogP contribution in [0.3, 0.4) is 0 Å². The molecule has 2 aromatic carbocycles. The molecule has 0 saturated carbocycles. The van der Waals surface area contributed by atoms with Crippen molar-refractivity contribution in [2.75, 3.05) is 11.9 Å². The first kappa shape index (κ1) is 21.3. The van der Waals surface area contributed by atoms with E-state index in [4.69, 9.17) is 4.74 Å². The van der Waals surface area contributed by atoms with Crippen molar-refractivity contribution in [2.24, 2.45) is 0 Å². The molecule has 4 rings (SSSR count). The van der Waals surface area contributed by atoms with Crippen LogP contribution in [0.2, 0.25) is 0 Å². The number of para-hydroxylation sites is 1. The standard InChI is InChI=1S/C22H14F3N3O3S/c23-14-8-9-15(21(25)20(14)24)26-19(29)12-31-22(30)17-11-16(18-7-4-10-32-18)27-28(17)13-5-2-1-3-6-13/h1-11H,12H2,(H,26,29). The first-order chi connectivity index (χ1) is 15.4. The summed E-state index contributed by atoms with van der Waals surface area (Å²) in [5.74, 6) is -6.42. The molecule has 0 atom stereocenters. The Bertz CT molecular complexity index is 1270. The van der Waals surface area contributed by atoms with Crippen molar-refractivity contribution in [3.05, 3.63) is 89.2 Å². The molecular formula is C22H14F3N3O3S. The number of amides is 1. The molecule has 4 aromatic rings. The molecule has 0 bridgehead atoms. The van der Waals surface area contributed by atoms with E-state index in [1.165, 1.54) is 22.1 Å². The zero-order chi connectivity index (χ0) is 22.7. The molecule has 6 nitrogen and oxygen atoms in total. The van der Waals surface area contributed by atoms with Gasteiger partial charge in [0.25, 0.3) is 5.91 Å². The van der Waals surface area contributed by atoms with Crippen molar-refractivity contribution < 1.29 is 27.5 Å². The Hall–Kier alpha value is -3.92. The van der Waals surface area contributed by atoms with Gasteiger partial charge in [-0.3, -0.25) is 4.79 Å². The highest BCUT2D eigenvalue weighted by Crippen LogP contribution is 2.26. The summed E-state index contributed by atoms with van der Waals surface area (Å²) >= 11 is 1.44. The molecule has 2 aromatic heterocycles. The van der Waals surface area contributed by atoms with E-state index in [0.29, 0.717) is 17.4 Å². The van der Waals surface area contributed by atoms with Gasteiger partial charge in [-0.25, -0.2) is 22.6 Å². The highest BCUT2D eigenvalue weighted by atomic mass is 32.1. The maximum Gasteiger partial charge on any atom is 0.357 e. The lowest BCUT2D eigenvalue weighted by atomic mass is 10.2. The Labute approximate surface area is 183 Å². The van der Waals surface area contributed by atoms with Crippen LogP contribution in [-0.2, 0) is 9.53 Å². The van der Waals surface area contributed by atoms with Crippen molar-refractivity contribution in [1.29, 1.82) is 0 Å². The molecule has 0 aliphatic rings. The minimum atomic E-state index is -1.72. The summed E-state index contributed by atoms with van der Waals surface area (Å²) in [6, 6.07) is 15.6. The van der Waals surface area contributed by atoms with E-state index in [9.17, 15) is 22.8 Å². The summed E-state index contributed by atoms with van der Waals surface area (Å²) in [4.78, 5) is 25.6. The van der Waals surface area contributed by atoms with Gasteiger partial charge in [-0.15, -0.1) is 11.3 Å². The van der Waals surface area contributed by atoms with Crippen molar-refractivity contribution in [2.45, 2.75) is 0 Å². The van der Waals surface area contributed by atoms with Crippen LogP contribution >= 0.6 is 11.3 Å². The Kier molecular flexibility index (Phi) is 6.04. The number of nitrogens with one attached hydrogen (secondary N) is 1. The van der Waals surface area contributed by atoms with Gasteiger partial charge >= 0.3 is 5.97 Å². The summed E-state index contributed by atoms with van der Waals surface area (Å²) in [6.45, 7) is -0.772. The molecule has 1 N–H and O–H groups in total. The second kappa shape index (κ2) is 9.06. The third kappa shape index (κ3) is 4.40. The lowest BCUT2D eigenvalue weighted by Gasteiger charge is -2.09. The summed E-state index contributed by atoms with van der Waals surface area (Å²) in [5, 5.41) is 8.38. The monoisotopic (exact) mass is 457 g/mol. The molecule has 162 valence electrons. The smallest absolute Gasteiger partial charge is 0.357 e. The molecule has 32 heavy (non-hydrogen) atoms. The number of benzene rings is 2. The van der Waals surface area contributed by atoms with Gasteiger partial charge in [0.05, 0.1) is 16.3 Å². The number of anilines is 1. The van der Waals surface area contributed by atoms with E-state index < -0.39 is 41.6 Å². The lowest BCUT2D eigenvalue weighted by molar-refractivity contribution is -0.119. The molecule has 0 radical (unpaired) electrons. The van der Waals surface area contributed by atoms with E-state index in [-0.39, 0.29) is 5.69 Å².